The number of amides is 1. The molecule has 9 heteroatoms. The molecular weight excluding hydrogens is 456 g/mol. The van der Waals surface area contributed by atoms with E-state index in [9.17, 15) is 22.8 Å². The normalized spacial score (nSPS) is 15.0. The third-order valence-electron chi connectivity index (χ3n) is 6.02. The van der Waals surface area contributed by atoms with Gasteiger partial charge in [-0.2, -0.15) is 4.31 Å². The molecule has 182 valence electrons. The number of rotatable bonds is 9. The van der Waals surface area contributed by atoms with Crippen molar-refractivity contribution in [2.45, 2.75) is 37.6 Å². The summed E-state index contributed by atoms with van der Waals surface area (Å²) >= 11 is 0. The van der Waals surface area contributed by atoms with Gasteiger partial charge < -0.3 is 9.64 Å². The summed E-state index contributed by atoms with van der Waals surface area (Å²) in [5, 5.41) is 0. The smallest absolute Gasteiger partial charge is 0.307 e. The molecule has 34 heavy (non-hydrogen) atoms. The van der Waals surface area contributed by atoms with E-state index in [0.29, 0.717) is 24.9 Å². The van der Waals surface area contributed by atoms with E-state index in [1.165, 1.54) is 30.5 Å². The molecular formula is C25H30N2O6S. The van der Waals surface area contributed by atoms with Crippen LogP contribution in [-0.2, 0) is 30.9 Å². The van der Waals surface area contributed by atoms with E-state index in [-0.39, 0.29) is 54.5 Å². The highest BCUT2D eigenvalue weighted by Crippen LogP contribution is 2.26. The van der Waals surface area contributed by atoms with E-state index < -0.39 is 10.0 Å². The molecule has 0 N–H and O–H groups in total. The van der Waals surface area contributed by atoms with Crippen LogP contribution in [0.3, 0.4) is 0 Å². The minimum Gasteiger partial charge on any atom is -0.469 e. The van der Waals surface area contributed by atoms with Crippen LogP contribution in [0.25, 0.3) is 0 Å². The molecule has 0 aliphatic carbocycles. The van der Waals surface area contributed by atoms with E-state index in [0.717, 1.165) is 5.56 Å². The van der Waals surface area contributed by atoms with Gasteiger partial charge in [0, 0.05) is 37.7 Å². The summed E-state index contributed by atoms with van der Waals surface area (Å²) in [7, 11) is -2.45. The Morgan fingerprint density at radius 2 is 1.71 bits per heavy atom. The molecule has 3 rings (SSSR count). The van der Waals surface area contributed by atoms with E-state index in [1.807, 2.05) is 30.3 Å². The first-order valence-corrected chi connectivity index (χ1v) is 12.7. The Morgan fingerprint density at radius 3 is 2.32 bits per heavy atom. The zero-order chi connectivity index (χ0) is 24.7. The average molecular weight is 487 g/mol. The summed E-state index contributed by atoms with van der Waals surface area (Å²) in [5.41, 5.74) is 1.29. The molecule has 1 amide bonds. The first kappa shape index (κ1) is 25.6. The van der Waals surface area contributed by atoms with Gasteiger partial charge in [0.05, 0.1) is 18.4 Å². The summed E-state index contributed by atoms with van der Waals surface area (Å²) in [6.07, 6.45) is 0.858. The molecule has 1 heterocycles. The predicted octanol–water partition coefficient (Wildman–Crippen LogP) is 2.88. The van der Waals surface area contributed by atoms with Crippen LogP contribution in [0.5, 0.6) is 0 Å². The second kappa shape index (κ2) is 11.4. The monoisotopic (exact) mass is 486 g/mol. The largest absolute Gasteiger partial charge is 0.469 e. The number of methoxy groups -OCH3 is 1. The first-order chi connectivity index (χ1) is 16.2. The lowest BCUT2D eigenvalue weighted by atomic mass is 9.96. The molecule has 0 spiro atoms. The molecule has 0 unspecified atom stereocenters. The number of sulfonamides is 1. The molecule has 0 aromatic heterocycles. The maximum absolute atomic E-state index is 13.3. The molecule has 0 atom stereocenters. The van der Waals surface area contributed by atoms with E-state index in [1.54, 1.807) is 17.0 Å². The van der Waals surface area contributed by atoms with Gasteiger partial charge in [0.1, 0.15) is 0 Å². The Kier molecular flexibility index (Phi) is 8.57. The fourth-order valence-electron chi connectivity index (χ4n) is 4.03. The average Bonchev–Trinajstić information content (AvgIpc) is 2.86. The van der Waals surface area contributed by atoms with Crippen LogP contribution in [-0.4, -0.2) is 62.0 Å². The molecule has 0 radical (unpaired) electrons. The van der Waals surface area contributed by atoms with Crippen molar-refractivity contribution in [2.75, 3.05) is 26.7 Å². The van der Waals surface area contributed by atoms with Crippen LogP contribution < -0.4 is 0 Å². The van der Waals surface area contributed by atoms with Crippen molar-refractivity contribution in [2.24, 2.45) is 5.92 Å². The van der Waals surface area contributed by atoms with Gasteiger partial charge >= 0.3 is 5.97 Å². The molecule has 1 aliphatic rings. The lowest BCUT2D eigenvalue weighted by Crippen LogP contribution is -2.44. The quantitative estimate of drug-likeness (QED) is 0.399. The molecule has 2 aromatic carbocycles. The lowest BCUT2D eigenvalue weighted by Gasteiger charge is -2.33. The number of benzene rings is 2. The van der Waals surface area contributed by atoms with E-state index in [4.69, 9.17) is 4.74 Å². The SMILES string of the molecule is COC(=O)CCN(Cc1ccccc1)C(=O)C1CCN(S(=O)(=O)c2cccc(C(C)=O)c2)CC1. The maximum Gasteiger partial charge on any atom is 0.307 e. The van der Waals surface area contributed by atoms with Crippen molar-refractivity contribution in [3.05, 3.63) is 65.7 Å². The highest BCUT2D eigenvalue weighted by Gasteiger charge is 2.34. The van der Waals surface area contributed by atoms with Gasteiger partial charge in [0.25, 0.3) is 0 Å². The van der Waals surface area contributed by atoms with Crippen molar-refractivity contribution in [3.63, 3.8) is 0 Å². The number of nitrogens with zero attached hydrogens (tertiary/aromatic N) is 2. The first-order valence-electron chi connectivity index (χ1n) is 11.2. The van der Waals surface area contributed by atoms with Crippen LogP contribution in [0.1, 0.15) is 42.1 Å². The number of ether oxygens (including phenoxy) is 1. The minimum atomic E-state index is -3.77. The summed E-state index contributed by atoms with van der Waals surface area (Å²) in [6, 6.07) is 15.5. The van der Waals surface area contributed by atoms with Gasteiger partial charge in [0.2, 0.25) is 15.9 Å². The Hall–Kier alpha value is -3.04. The molecule has 0 bridgehead atoms. The number of esters is 1. The third-order valence-corrected chi connectivity index (χ3v) is 7.92. The number of hydrogen-bond donors (Lipinski definition) is 0. The molecule has 2 aromatic rings. The summed E-state index contributed by atoms with van der Waals surface area (Å²) < 4.78 is 32.3. The van der Waals surface area contributed by atoms with Crippen molar-refractivity contribution in [1.29, 1.82) is 0 Å². The van der Waals surface area contributed by atoms with Crippen LogP contribution in [0.15, 0.2) is 59.5 Å². The van der Waals surface area contributed by atoms with Crippen LogP contribution in [0, 0.1) is 5.92 Å². The zero-order valence-corrected chi connectivity index (χ0v) is 20.3. The maximum atomic E-state index is 13.3. The Bertz CT molecular complexity index is 1130. The number of Topliss-reactive ketones (excluding diaryl/α,β-unsaturated/α-hetero) is 1. The molecule has 0 saturated carbocycles. The lowest BCUT2D eigenvalue weighted by molar-refractivity contribution is -0.143. The number of carbonyl (C=O) groups is 3. The molecule has 1 fully saturated rings. The number of hydrogen-bond acceptors (Lipinski definition) is 6. The number of ketones is 1. The Balaban J connectivity index is 1.68. The highest BCUT2D eigenvalue weighted by molar-refractivity contribution is 7.89. The highest BCUT2D eigenvalue weighted by atomic mass is 32.2. The van der Waals surface area contributed by atoms with Crippen molar-refractivity contribution < 1.29 is 27.5 Å². The second-order valence-corrected chi connectivity index (χ2v) is 10.3. The topological polar surface area (TPSA) is 101 Å². The van der Waals surface area contributed by atoms with E-state index in [2.05, 4.69) is 0 Å². The molecule has 8 nitrogen and oxygen atoms in total. The Morgan fingerprint density at radius 1 is 1.03 bits per heavy atom. The fraction of sp³-hybridized carbons (Fsp3) is 0.400. The predicted molar refractivity (Wildman–Crippen MR) is 126 cm³/mol. The van der Waals surface area contributed by atoms with Gasteiger partial charge in [-0.15, -0.1) is 0 Å². The van der Waals surface area contributed by atoms with Crippen molar-refractivity contribution >= 4 is 27.7 Å². The van der Waals surface area contributed by atoms with Crippen LogP contribution in [0.2, 0.25) is 0 Å². The van der Waals surface area contributed by atoms with Crippen LogP contribution >= 0.6 is 0 Å². The summed E-state index contributed by atoms with van der Waals surface area (Å²) in [6.45, 7) is 2.41. The van der Waals surface area contributed by atoms with Gasteiger partial charge in [0.15, 0.2) is 5.78 Å². The van der Waals surface area contributed by atoms with E-state index >= 15 is 0 Å². The Labute approximate surface area is 200 Å². The van der Waals surface area contributed by atoms with Gasteiger partial charge in [-0.1, -0.05) is 42.5 Å². The van der Waals surface area contributed by atoms with Gasteiger partial charge in [-0.3, -0.25) is 14.4 Å². The fourth-order valence-corrected chi connectivity index (χ4v) is 5.54. The molecule has 1 aliphatic heterocycles. The number of carbonyl (C=O) groups excluding carboxylic acids is 3. The van der Waals surface area contributed by atoms with Gasteiger partial charge in [-0.05, 0) is 37.5 Å². The molecule has 1 saturated heterocycles. The summed E-state index contributed by atoms with van der Waals surface area (Å²) in [4.78, 5) is 38.4. The van der Waals surface area contributed by atoms with Crippen LogP contribution in [0.4, 0.5) is 0 Å². The van der Waals surface area contributed by atoms with Crippen molar-refractivity contribution in [3.8, 4) is 0 Å². The van der Waals surface area contributed by atoms with Gasteiger partial charge in [-0.25, -0.2) is 8.42 Å². The second-order valence-electron chi connectivity index (χ2n) is 8.33. The summed E-state index contributed by atoms with van der Waals surface area (Å²) in [5.74, 6) is -1.02. The number of piperidine rings is 1. The third kappa shape index (κ3) is 6.30. The zero-order valence-electron chi connectivity index (χ0n) is 19.5. The minimum absolute atomic E-state index is 0.0776. The van der Waals surface area contributed by atoms with Crippen molar-refractivity contribution in [1.82, 2.24) is 9.21 Å². The standard InChI is InChI=1S/C25H30N2O6S/c1-19(28)22-9-6-10-23(17-22)34(31,32)27-15-11-21(12-16-27)25(30)26(14-13-24(29)33-2)18-20-7-4-3-5-8-20/h3-10,17,21H,11-16,18H2,1-2H3.